The van der Waals surface area contributed by atoms with Crippen LogP contribution in [-0.2, 0) is 0 Å². The van der Waals surface area contributed by atoms with Crippen LogP contribution in [0.15, 0.2) is 24.3 Å². The Kier molecular flexibility index (Phi) is 4.79. The fourth-order valence-corrected chi connectivity index (χ4v) is 1.97. The number of likely N-dealkylation sites (N-methyl/N-ethyl adjacent to an activating group) is 1. The SMILES string of the molecule is CCN(CC)C(CO)c1cccc(C)c1. The van der Waals surface area contributed by atoms with E-state index in [1.54, 1.807) is 0 Å². The smallest absolute Gasteiger partial charge is 0.0628 e. The summed E-state index contributed by atoms with van der Waals surface area (Å²) in [4.78, 5) is 2.27. The van der Waals surface area contributed by atoms with Gasteiger partial charge in [0.2, 0.25) is 0 Å². The van der Waals surface area contributed by atoms with Gasteiger partial charge in [-0.25, -0.2) is 0 Å². The minimum absolute atomic E-state index is 0.139. The van der Waals surface area contributed by atoms with Crippen LogP contribution in [0.1, 0.15) is 31.0 Å². The molecule has 0 spiro atoms. The molecule has 1 atom stereocenters. The van der Waals surface area contributed by atoms with Gasteiger partial charge in [0.05, 0.1) is 12.6 Å². The molecule has 2 nitrogen and oxygen atoms in total. The summed E-state index contributed by atoms with van der Waals surface area (Å²) in [5.41, 5.74) is 2.46. The quantitative estimate of drug-likeness (QED) is 0.801. The minimum Gasteiger partial charge on any atom is -0.394 e. The molecule has 0 bridgehead atoms. The molecule has 0 aromatic heterocycles. The van der Waals surface area contributed by atoms with E-state index in [-0.39, 0.29) is 12.6 Å². The Morgan fingerprint density at radius 1 is 1.27 bits per heavy atom. The molecule has 1 rings (SSSR count). The van der Waals surface area contributed by atoms with Crippen molar-refractivity contribution in [2.24, 2.45) is 0 Å². The topological polar surface area (TPSA) is 23.5 Å². The lowest BCUT2D eigenvalue weighted by Crippen LogP contribution is -2.30. The average molecular weight is 207 g/mol. The van der Waals surface area contributed by atoms with E-state index in [1.165, 1.54) is 11.1 Å². The van der Waals surface area contributed by atoms with Crippen molar-refractivity contribution in [1.29, 1.82) is 0 Å². The summed E-state index contributed by atoms with van der Waals surface area (Å²) in [6.45, 7) is 8.46. The molecule has 2 heteroatoms. The maximum Gasteiger partial charge on any atom is 0.0628 e. The van der Waals surface area contributed by atoms with E-state index >= 15 is 0 Å². The van der Waals surface area contributed by atoms with Crippen molar-refractivity contribution >= 4 is 0 Å². The largest absolute Gasteiger partial charge is 0.394 e. The van der Waals surface area contributed by atoms with Gasteiger partial charge in [0.1, 0.15) is 0 Å². The number of aliphatic hydroxyl groups excluding tert-OH is 1. The summed E-state index contributed by atoms with van der Waals surface area (Å²) in [6, 6.07) is 8.52. The summed E-state index contributed by atoms with van der Waals surface area (Å²) in [7, 11) is 0. The van der Waals surface area contributed by atoms with Gasteiger partial charge in [-0.05, 0) is 25.6 Å². The average Bonchev–Trinajstić information content (AvgIpc) is 2.25. The van der Waals surface area contributed by atoms with Crippen LogP contribution < -0.4 is 0 Å². The number of nitrogens with zero attached hydrogens (tertiary/aromatic N) is 1. The summed E-state index contributed by atoms with van der Waals surface area (Å²) in [6.07, 6.45) is 0. The highest BCUT2D eigenvalue weighted by atomic mass is 16.3. The Bertz CT molecular complexity index is 294. The first-order valence-corrected chi connectivity index (χ1v) is 5.64. The fourth-order valence-electron chi connectivity index (χ4n) is 1.97. The Morgan fingerprint density at radius 2 is 1.93 bits per heavy atom. The van der Waals surface area contributed by atoms with Gasteiger partial charge in [-0.3, -0.25) is 4.90 Å². The van der Waals surface area contributed by atoms with E-state index in [1.807, 2.05) is 0 Å². The molecule has 0 fully saturated rings. The highest BCUT2D eigenvalue weighted by Gasteiger charge is 2.16. The Hall–Kier alpha value is -0.860. The summed E-state index contributed by atoms with van der Waals surface area (Å²) >= 11 is 0. The van der Waals surface area contributed by atoms with E-state index in [2.05, 4.69) is 49.9 Å². The molecule has 0 amide bonds. The number of aryl methyl sites for hydroxylation is 1. The van der Waals surface area contributed by atoms with Crippen LogP contribution in [0.4, 0.5) is 0 Å². The third-order valence-electron chi connectivity index (χ3n) is 2.85. The molecule has 1 aromatic carbocycles. The number of benzene rings is 1. The van der Waals surface area contributed by atoms with Crippen LogP contribution in [-0.4, -0.2) is 29.7 Å². The minimum atomic E-state index is 0.139. The maximum absolute atomic E-state index is 9.46. The van der Waals surface area contributed by atoms with E-state index in [0.717, 1.165) is 13.1 Å². The van der Waals surface area contributed by atoms with E-state index in [4.69, 9.17) is 0 Å². The van der Waals surface area contributed by atoms with Gasteiger partial charge >= 0.3 is 0 Å². The zero-order valence-corrected chi connectivity index (χ0v) is 9.90. The van der Waals surface area contributed by atoms with Gasteiger partial charge in [0, 0.05) is 0 Å². The first-order valence-electron chi connectivity index (χ1n) is 5.64. The highest BCUT2D eigenvalue weighted by Crippen LogP contribution is 2.20. The van der Waals surface area contributed by atoms with Crippen molar-refractivity contribution in [2.75, 3.05) is 19.7 Å². The molecule has 0 saturated heterocycles. The summed E-state index contributed by atoms with van der Waals surface area (Å²) in [5, 5.41) is 9.46. The molecule has 84 valence electrons. The van der Waals surface area contributed by atoms with Crippen LogP contribution in [0, 0.1) is 6.92 Å². The number of rotatable bonds is 5. The molecule has 0 radical (unpaired) electrons. The lowest BCUT2D eigenvalue weighted by Gasteiger charge is -2.28. The highest BCUT2D eigenvalue weighted by molar-refractivity contribution is 5.25. The van der Waals surface area contributed by atoms with Crippen molar-refractivity contribution in [3.8, 4) is 0 Å². The zero-order chi connectivity index (χ0) is 11.3. The second-order valence-electron chi connectivity index (χ2n) is 3.83. The summed E-state index contributed by atoms with van der Waals surface area (Å²) < 4.78 is 0. The molecular weight excluding hydrogens is 186 g/mol. The first kappa shape index (κ1) is 12.2. The van der Waals surface area contributed by atoms with Crippen LogP contribution in [0.5, 0.6) is 0 Å². The molecule has 15 heavy (non-hydrogen) atoms. The molecule has 0 aliphatic heterocycles. The normalized spacial score (nSPS) is 13.1. The van der Waals surface area contributed by atoms with Crippen LogP contribution in [0.2, 0.25) is 0 Å². The third-order valence-corrected chi connectivity index (χ3v) is 2.85. The molecular formula is C13H21NO. The molecule has 0 saturated carbocycles. The Labute approximate surface area is 92.5 Å². The Balaban J connectivity index is 2.90. The van der Waals surface area contributed by atoms with Crippen LogP contribution in [0.3, 0.4) is 0 Å². The maximum atomic E-state index is 9.46. The van der Waals surface area contributed by atoms with E-state index in [0.29, 0.717) is 0 Å². The lowest BCUT2D eigenvalue weighted by molar-refractivity contribution is 0.134. The first-order chi connectivity index (χ1) is 7.22. The van der Waals surface area contributed by atoms with Crippen molar-refractivity contribution in [2.45, 2.75) is 26.8 Å². The van der Waals surface area contributed by atoms with Gasteiger partial charge in [0.15, 0.2) is 0 Å². The number of hydrogen-bond donors (Lipinski definition) is 1. The van der Waals surface area contributed by atoms with Gasteiger partial charge in [-0.2, -0.15) is 0 Å². The van der Waals surface area contributed by atoms with E-state index in [9.17, 15) is 5.11 Å². The predicted octanol–water partition coefficient (Wildman–Crippen LogP) is 2.37. The van der Waals surface area contributed by atoms with Crippen molar-refractivity contribution in [3.05, 3.63) is 35.4 Å². The van der Waals surface area contributed by atoms with Gasteiger partial charge < -0.3 is 5.11 Å². The second-order valence-corrected chi connectivity index (χ2v) is 3.83. The molecule has 0 aliphatic rings. The lowest BCUT2D eigenvalue weighted by atomic mass is 10.0. The fraction of sp³-hybridized carbons (Fsp3) is 0.538. The van der Waals surface area contributed by atoms with E-state index < -0.39 is 0 Å². The monoisotopic (exact) mass is 207 g/mol. The van der Waals surface area contributed by atoms with Crippen molar-refractivity contribution in [1.82, 2.24) is 4.90 Å². The van der Waals surface area contributed by atoms with Crippen LogP contribution in [0.25, 0.3) is 0 Å². The molecule has 0 aliphatic carbocycles. The number of aliphatic hydroxyl groups is 1. The molecule has 0 heterocycles. The number of hydrogen-bond acceptors (Lipinski definition) is 2. The van der Waals surface area contributed by atoms with Crippen molar-refractivity contribution < 1.29 is 5.11 Å². The van der Waals surface area contributed by atoms with Gasteiger partial charge in [-0.1, -0.05) is 43.7 Å². The second kappa shape index (κ2) is 5.89. The predicted molar refractivity (Wildman–Crippen MR) is 63.9 cm³/mol. The van der Waals surface area contributed by atoms with Gasteiger partial charge in [0.25, 0.3) is 0 Å². The third kappa shape index (κ3) is 3.05. The molecule has 1 N–H and O–H groups in total. The summed E-state index contributed by atoms with van der Waals surface area (Å²) in [5.74, 6) is 0. The molecule has 1 aromatic rings. The molecule has 1 unspecified atom stereocenters. The standard InChI is InChI=1S/C13H21NO/c1-4-14(5-2)13(10-15)12-8-6-7-11(3)9-12/h6-9,13,15H,4-5,10H2,1-3H3. The van der Waals surface area contributed by atoms with Crippen molar-refractivity contribution in [3.63, 3.8) is 0 Å². The van der Waals surface area contributed by atoms with Crippen LogP contribution >= 0.6 is 0 Å². The van der Waals surface area contributed by atoms with Gasteiger partial charge in [-0.15, -0.1) is 0 Å². The Morgan fingerprint density at radius 3 is 2.40 bits per heavy atom. The zero-order valence-electron chi connectivity index (χ0n) is 9.90.